The number of amides is 7. The summed E-state index contributed by atoms with van der Waals surface area (Å²) in [7, 11) is 2.95. The van der Waals surface area contributed by atoms with Gasteiger partial charge in [0.2, 0.25) is 23.6 Å². The highest BCUT2D eigenvalue weighted by Crippen LogP contribution is 2.41. The normalized spacial score (nSPS) is 19.7. The molecule has 8 aromatic rings. The number of thiazole rings is 6. The molecule has 1 saturated heterocycles. The molecule has 9 heterocycles. The average Bonchev–Trinajstić information content (AvgIpc) is 1.60. The van der Waals surface area contributed by atoms with Crippen molar-refractivity contribution in [3.63, 3.8) is 0 Å². The Morgan fingerprint density at radius 1 is 0.685 bits per heavy atom. The predicted octanol–water partition coefficient (Wildman–Crippen LogP) is 7.19. The first-order valence-corrected chi connectivity index (χ1v) is 35.0. The maximum atomic E-state index is 14.4. The summed E-state index contributed by atoms with van der Waals surface area (Å²) in [6.07, 6.45) is 0.853. The van der Waals surface area contributed by atoms with Gasteiger partial charge in [0.25, 0.3) is 17.7 Å². The van der Waals surface area contributed by atoms with Gasteiger partial charge in [-0.25, -0.2) is 34.9 Å². The van der Waals surface area contributed by atoms with Crippen LogP contribution in [0.4, 0.5) is 5.82 Å². The summed E-state index contributed by atoms with van der Waals surface area (Å²) >= 11 is 7.26. The monoisotopic (exact) mass is 1360 g/mol. The number of β-amino-alcohol motifs (C(OH)–C–C–N with tert-alkyl or cyclic N) is 1. The molecule has 31 heteroatoms. The predicted molar refractivity (Wildman–Crippen MR) is 351 cm³/mol. The largest absolute Gasteiger partial charge is 0.395 e. The minimum Gasteiger partial charge on any atom is -0.395 e. The zero-order valence-corrected chi connectivity index (χ0v) is 55.6. The molecule has 8 N–H and O–H groups in total. The van der Waals surface area contributed by atoms with E-state index in [0.29, 0.717) is 125 Å². The lowest BCUT2D eigenvalue weighted by molar-refractivity contribution is -0.139. The lowest BCUT2D eigenvalue weighted by Gasteiger charge is -2.37. The summed E-state index contributed by atoms with van der Waals surface area (Å²) in [5.74, 6) is -3.25. The Morgan fingerprint density at radius 3 is 2.12 bits per heavy atom. The van der Waals surface area contributed by atoms with Gasteiger partial charge in [0, 0.05) is 90.7 Å². The molecule has 0 radical (unpaired) electrons. The van der Waals surface area contributed by atoms with E-state index in [-0.39, 0.29) is 66.3 Å². The highest BCUT2D eigenvalue weighted by molar-refractivity contribution is 7.15. The second kappa shape index (κ2) is 29.5. The minimum absolute atomic E-state index is 0.00114. The Kier molecular flexibility index (Phi) is 21.1. The van der Waals surface area contributed by atoms with Crippen LogP contribution >= 0.6 is 68.0 Å². The van der Waals surface area contributed by atoms with E-state index in [4.69, 9.17) is 39.6 Å². The number of aliphatic hydroxyl groups excluding tert-OH is 2. The van der Waals surface area contributed by atoms with Gasteiger partial charge in [-0.1, -0.05) is 44.2 Å². The van der Waals surface area contributed by atoms with Crippen LogP contribution in [0.15, 0.2) is 64.0 Å². The molecular formula is C61H67N15O10S6. The number of aromatic nitrogens is 7. The van der Waals surface area contributed by atoms with Crippen LogP contribution in [0.5, 0.6) is 0 Å². The molecule has 7 aromatic heterocycles. The fourth-order valence-electron chi connectivity index (χ4n) is 11.1. The number of nitrogens with one attached hydrogen (secondary N) is 6. The number of benzene rings is 1. The van der Waals surface area contributed by atoms with Crippen LogP contribution < -0.4 is 31.9 Å². The van der Waals surface area contributed by atoms with Gasteiger partial charge in [-0.15, -0.1) is 68.0 Å². The quantitative estimate of drug-likeness (QED) is 0.0566. The zero-order chi connectivity index (χ0) is 64.7. The summed E-state index contributed by atoms with van der Waals surface area (Å²) in [5.41, 5.74) is 2.79. The van der Waals surface area contributed by atoms with Crippen LogP contribution in [-0.4, -0.2) is 156 Å². The van der Waals surface area contributed by atoms with Crippen molar-refractivity contribution >= 4 is 115 Å². The van der Waals surface area contributed by atoms with Crippen LogP contribution in [-0.2, 0) is 30.5 Å². The number of hydrogen-bond donors (Lipinski definition) is 8. The SMILES string of the molecule is CNC(=O)C[C@@H]1NC(=O)c2csc(n2)-c2ccc(-c3nc(NC(=O)[C@H]4CC[C@H](C(=O)N5CCN(CCO)CC5)CC4)cs3)nc2-c2csc(n2)-c2csc(n2)[C@H]([C@@H](O)c2ccccc2)NC(=O)CNC(=O)c2nc(sc2COC)[C@H](C(C)C)NC(=O)c2nc1sc2C. The molecule has 25 nitrogen and oxygen atoms in total. The molecule has 10 bridgehead atoms. The maximum absolute atomic E-state index is 14.4. The van der Waals surface area contributed by atoms with Gasteiger partial charge in [-0.2, -0.15) is 0 Å². The van der Waals surface area contributed by atoms with Crippen molar-refractivity contribution in [2.45, 2.75) is 83.7 Å². The molecule has 2 aliphatic heterocycles. The van der Waals surface area contributed by atoms with Crippen LogP contribution in [0.3, 0.4) is 0 Å². The number of ether oxygens (including phenoxy) is 1. The molecule has 3 aliphatic rings. The summed E-state index contributed by atoms with van der Waals surface area (Å²) in [5, 5.41) is 47.8. The van der Waals surface area contributed by atoms with E-state index >= 15 is 0 Å². The molecule has 1 aromatic carbocycles. The third-order valence-electron chi connectivity index (χ3n) is 16.0. The van der Waals surface area contributed by atoms with Crippen LogP contribution in [0.1, 0.15) is 132 Å². The van der Waals surface area contributed by atoms with Crippen molar-refractivity contribution in [3.8, 4) is 43.4 Å². The summed E-state index contributed by atoms with van der Waals surface area (Å²) in [6, 6.07) is 9.57. The van der Waals surface area contributed by atoms with Gasteiger partial charge in [0.05, 0.1) is 48.8 Å². The van der Waals surface area contributed by atoms with Crippen molar-refractivity contribution < 1.29 is 48.5 Å². The molecule has 7 amide bonds. The molecule has 0 unspecified atom stereocenters. The zero-order valence-electron chi connectivity index (χ0n) is 50.7. The van der Waals surface area contributed by atoms with E-state index in [1.165, 1.54) is 70.8 Å². The summed E-state index contributed by atoms with van der Waals surface area (Å²) < 4.78 is 5.46. The van der Waals surface area contributed by atoms with Gasteiger partial charge in [0.15, 0.2) is 0 Å². The van der Waals surface area contributed by atoms with Crippen LogP contribution in [0.25, 0.3) is 43.4 Å². The van der Waals surface area contributed by atoms with Gasteiger partial charge >= 0.3 is 0 Å². The Balaban J connectivity index is 0.911. The number of methoxy groups -OCH3 is 1. The van der Waals surface area contributed by atoms with E-state index in [1.807, 2.05) is 24.8 Å². The molecule has 482 valence electrons. The Hall–Kier alpha value is -7.72. The molecule has 11 rings (SSSR count). The minimum atomic E-state index is -1.28. The molecule has 2 fully saturated rings. The smallest absolute Gasteiger partial charge is 0.271 e. The number of aryl methyl sites for hydroxylation is 1. The molecule has 92 heavy (non-hydrogen) atoms. The lowest BCUT2D eigenvalue weighted by atomic mass is 9.81. The molecule has 0 spiro atoms. The maximum Gasteiger partial charge on any atom is 0.271 e. The Bertz CT molecular complexity index is 4000. The number of fused-ring (bicyclic) bond motifs is 14. The topological polar surface area (TPSA) is 338 Å². The van der Waals surface area contributed by atoms with Gasteiger partial charge in [-0.05, 0) is 56.2 Å². The van der Waals surface area contributed by atoms with Crippen LogP contribution in [0.2, 0.25) is 0 Å². The van der Waals surface area contributed by atoms with Gasteiger partial charge in [0.1, 0.15) is 82.2 Å². The van der Waals surface area contributed by atoms with Crippen molar-refractivity contribution in [1.29, 1.82) is 0 Å². The number of carbonyl (C=O) groups excluding carboxylic acids is 7. The van der Waals surface area contributed by atoms with Gasteiger partial charge < -0.3 is 51.8 Å². The third kappa shape index (κ3) is 15.0. The highest BCUT2D eigenvalue weighted by atomic mass is 32.1. The van der Waals surface area contributed by atoms with Crippen molar-refractivity contribution in [2.24, 2.45) is 17.8 Å². The van der Waals surface area contributed by atoms with Crippen molar-refractivity contribution in [2.75, 3.05) is 65.3 Å². The molecule has 4 atom stereocenters. The van der Waals surface area contributed by atoms with E-state index in [1.54, 1.807) is 64.8 Å². The number of anilines is 1. The van der Waals surface area contributed by atoms with E-state index < -0.39 is 60.3 Å². The molecule has 1 saturated carbocycles. The first-order chi connectivity index (χ1) is 44.4. The number of hydrogen-bond acceptors (Lipinski definition) is 24. The number of aliphatic hydroxyl groups is 2. The number of pyridine rings is 1. The van der Waals surface area contributed by atoms with E-state index in [9.17, 15) is 43.8 Å². The molecule has 1 aliphatic carbocycles. The Morgan fingerprint density at radius 2 is 1.38 bits per heavy atom. The number of carbonyl (C=O) groups is 7. The van der Waals surface area contributed by atoms with Crippen molar-refractivity contribution in [1.82, 2.24) is 71.3 Å². The van der Waals surface area contributed by atoms with Gasteiger partial charge in [-0.3, -0.25) is 38.5 Å². The fourth-order valence-corrected chi connectivity index (χ4v) is 16.6. The fraction of sp³-hybridized carbons (Fsp3) is 0.410. The Labute approximate surface area is 553 Å². The highest BCUT2D eigenvalue weighted by Gasteiger charge is 2.36. The number of nitrogens with zero attached hydrogens (tertiary/aromatic N) is 9. The number of rotatable bonds is 13. The van der Waals surface area contributed by atoms with E-state index in [2.05, 4.69) is 36.8 Å². The lowest BCUT2D eigenvalue weighted by Crippen LogP contribution is -2.51. The van der Waals surface area contributed by atoms with Crippen molar-refractivity contribution in [3.05, 3.63) is 111 Å². The average molecular weight is 1360 g/mol. The third-order valence-corrected chi connectivity index (χ3v) is 21.8. The number of piperazine rings is 1. The first kappa shape index (κ1) is 65.8. The first-order valence-electron chi connectivity index (χ1n) is 29.8. The summed E-state index contributed by atoms with van der Waals surface area (Å²) in [4.78, 5) is 136. The molecular weight excluding hydrogens is 1300 g/mol. The summed E-state index contributed by atoms with van der Waals surface area (Å²) in [6.45, 7) is 8.36. The standard InChI is InChI=1S/C61H67N15O10S6/c1-30(2)45-60-74-48(41(92-60)25-86-5)53(83)63-24-44(79)71-49(50(80)32-9-7-6-8-10-32)59-68-40(28-89-59)57-66-38(26-88-57)47-35(55-67-39(27-87-55)52(82)65-37(23-43(78)62-4)58-73-46(31(3)91-58)54(84)72-45)15-16-36(64-47)56-70-42(29-90-56)69-51(81)33-11-13-34(14-12-33)61(85)76-19-17-75(18-20-76)21-22-77/h6-10,15-16,26-30,33-34,37,45,49-50,77,80H,11-14,17-25H2,1-5H3,(H,62,78)(H,63,83)(H,65,82)(H,69,81)(H,71,79)(H,72,84)/t33-,34-,37-,45-,49-,50-/m0/s1. The van der Waals surface area contributed by atoms with Crippen LogP contribution in [0, 0.1) is 24.7 Å². The van der Waals surface area contributed by atoms with E-state index in [0.717, 1.165) is 24.4 Å². The second-order valence-corrected chi connectivity index (χ2v) is 28.4. The second-order valence-electron chi connectivity index (χ2n) is 22.6.